The molecule has 1 aromatic carbocycles. The SMILES string of the molecule is CC1(C)CC(NC(=O)CC(c2ccc(F)cc2)c2ccco2)CCO1. The number of halogens is 1. The summed E-state index contributed by atoms with van der Waals surface area (Å²) < 4.78 is 24.4. The lowest BCUT2D eigenvalue weighted by Crippen LogP contribution is -2.46. The van der Waals surface area contributed by atoms with E-state index in [4.69, 9.17) is 9.15 Å². The molecule has 1 amide bonds. The van der Waals surface area contributed by atoms with Crippen molar-refractivity contribution in [1.82, 2.24) is 5.32 Å². The van der Waals surface area contributed by atoms with Gasteiger partial charge in [0.2, 0.25) is 5.91 Å². The number of nitrogens with one attached hydrogen (secondary N) is 1. The number of carbonyl (C=O) groups is 1. The van der Waals surface area contributed by atoms with Gasteiger partial charge in [-0.05, 0) is 56.5 Å². The quantitative estimate of drug-likeness (QED) is 0.891. The van der Waals surface area contributed by atoms with Gasteiger partial charge in [0, 0.05) is 19.1 Å². The molecule has 0 radical (unpaired) electrons. The molecule has 0 bridgehead atoms. The molecule has 134 valence electrons. The molecule has 5 heteroatoms. The number of furan rings is 1. The molecule has 1 aliphatic heterocycles. The number of benzene rings is 1. The highest BCUT2D eigenvalue weighted by atomic mass is 19.1. The number of hydrogen-bond donors (Lipinski definition) is 1. The molecule has 0 saturated carbocycles. The lowest BCUT2D eigenvalue weighted by atomic mass is 9.91. The van der Waals surface area contributed by atoms with E-state index < -0.39 is 0 Å². The van der Waals surface area contributed by atoms with Gasteiger partial charge in [-0.2, -0.15) is 0 Å². The maximum Gasteiger partial charge on any atom is 0.221 e. The minimum absolute atomic E-state index is 0.0339. The van der Waals surface area contributed by atoms with Crippen LogP contribution in [-0.2, 0) is 9.53 Å². The monoisotopic (exact) mass is 345 g/mol. The molecule has 1 aromatic heterocycles. The normalized spacial score (nSPS) is 20.8. The lowest BCUT2D eigenvalue weighted by molar-refractivity contribution is -0.124. The molecule has 2 unspecified atom stereocenters. The Morgan fingerprint density at radius 3 is 2.72 bits per heavy atom. The third-order valence-electron chi connectivity index (χ3n) is 4.61. The Kier molecular flexibility index (Phi) is 5.23. The molecule has 25 heavy (non-hydrogen) atoms. The second-order valence-corrected chi connectivity index (χ2v) is 7.19. The van der Waals surface area contributed by atoms with Crippen LogP contribution in [0.15, 0.2) is 47.1 Å². The molecular formula is C20H24FNO3. The number of carbonyl (C=O) groups excluding carboxylic acids is 1. The van der Waals surface area contributed by atoms with Crippen LogP contribution in [0.25, 0.3) is 0 Å². The third-order valence-corrected chi connectivity index (χ3v) is 4.61. The number of ether oxygens (including phenoxy) is 1. The van der Waals surface area contributed by atoms with Gasteiger partial charge in [-0.3, -0.25) is 4.79 Å². The van der Waals surface area contributed by atoms with Gasteiger partial charge in [-0.1, -0.05) is 12.1 Å². The van der Waals surface area contributed by atoms with Crippen LogP contribution in [0.5, 0.6) is 0 Å². The largest absolute Gasteiger partial charge is 0.469 e. The van der Waals surface area contributed by atoms with Crippen LogP contribution in [0, 0.1) is 5.82 Å². The molecule has 1 aliphatic rings. The molecular weight excluding hydrogens is 321 g/mol. The second kappa shape index (κ2) is 7.40. The lowest BCUT2D eigenvalue weighted by Gasteiger charge is -2.36. The molecule has 3 rings (SSSR count). The van der Waals surface area contributed by atoms with E-state index in [2.05, 4.69) is 5.32 Å². The second-order valence-electron chi connectivity index (χ2n) is 7.19. The maximum atomic E-state index is 13.2. The summed E-state index contributed by atoms with van der Waals surface area (Å²) in [6.45, 7) is 4.72. The van der Waals surface area contributed by atoms with E-state index in [9.17, 15) is 9.18 Å². The third kappa shape index (κ3) is 4.69. The predicted molar refractivity (Wildman–Crippen MR) is 92.8 cm³/mol. The van der Waals surface area contributed by atoms with Crippen LogP contribution in [0.2, 0.25) is 0 Å². The summed E-state index contributed by atoms with van der Waals surface area (Å²) in [7, 11) is 0. The first kappa shape index (κ1) is 17.7. The van der Waals surface area contributed by atoms with Crippen molar-refractivity contribution in [3.8, 4) is 0 Å². The van der Waals surface area contributed by atoms with Crippen LogP contribution in [0.3, 0.4) is 0 Å². The molecule has 4 nitrogen and oxygen atoms in total. The summed E-state index contributed by atoms with van der Waals surface area (Å²) in [5.41, 5.74) is 0.645. The van der Waals surface area contributed by atoms with Gasteiger partial charge in [0.15, 0.2) is 0 Å². The minimum atomic E-state index is -0.296. The molecule has 1 fully saturated rings. The average Bonchev–Trinajstić information content (AvgIpc) is 3.07. The Labute approximate surface area is 147 Å². The van der Waals surface area contributed by atoms with Gasteiger partial charge in [0.1, 0.15) is 11.6 Å². The Hall–Kier alpha value is -2.14. The molecule has 0 spiro atoms. The van der Waals surface area contributed by atoms with E-state index in [1.54, 1.807) is 24.5 Å². The van der Waals surface area contributed by atoms with E-state index >= 15 is 0 Å². The van der Waals surface area contributed by atoms with Gasteiger partial charge < -0.3 is 14.5 Å². The van der Waals surface area contributed by atoms with Gasteiger partial charge in [-0.15, -0.1) is 0 Å². The summed E-state index contributed by atoms with van der Waals surface area (Å²) in [5.74, 6) is 0.141. The highest BCUT2D eigenvalue weighted by Crippen LogP contribution is 2.29. The smallest absolute Gasteiger partial charge is 0.221 e. The highest BCUT2D eigenvalue weighted by molar-refractivity contribution is 5.77. The first-order chi connectivity index (χ1) is 11.9. The van der Waals surface area contributed by atoms with Gasteiger partial charge in [-0.25, -0.2) is 4.39 Å². The van der Waals surface area contributed by atoms with Gasteiger partial charge >= 0.3 is 0 Å². The van der Waals surface area contributed by atoms with Crippen LogP contribution in [0.4, 0.5) is 4.39 Å². The summed E-state index contributed by atoms with van der Waals surface area (Å²) in [6, 6.07) is 9.97. The molecule has 0 aliphatic carbocycles. The van der Waals surface area contributed by atoms with Crippen molar-refractivity contribution in [3.63, 3.8) is 0 Å². The zero-order chi connectivity index (χ0) is 17.9. The molecule has 2 atom stereocenters. The molecule has 1 saturated heterocycles. The van der Waals surface area contributed by atoms with E-state index in [0.29, 0.717) is 12.4 Å². The van der Waals surface area contributed by atoms with Crippen molar-refractivity contribution in [2.24, 2.45) is 0 Å². The summed E-state index contributed by atoms with van der Waals surface area (Å²) in [6.07, 6.45) is 3.46. The van der Waals surface area contributed by atoms with Crippen molar-refractivity contribution in [1.29, 1.82) is 0 Å². The Balaban J connectivity index is 1.70. The van der Waals surface area contributed by atoms with Crippen molar-refractivity contribution in [2.75, 3.05) is 6.61 Å². The van der Waals surface area contributed by atoms with E-state index in [-0.39, 0.29) is 35.7 Å². The first-order valence-corrected chi connectivity index (χ1v) is 8.65. The average molecular weight is 345 g/mol. The fourth-order valence-corrected chi connectivity index (χ4v) is 3.39. The Morgan fingerprint density at radius 1 is 1.32 bits per heavy atom. The van der Waals surface area contributed by atoms with Crippen molar-refractivity contribution in [3.05, 3.63) is 59.8 Å². The van der Waals surface area contributed by atoms with Gasteiger partial charge in [0.05, 0.1) is 17.8 Å². The zero-order valence-corrected chi connectivity index (χ0v) is 14.6. The number of rotatable bonds is 5. The van der Waals surface area contributed by atoms with E-state index in [1.807, 2.05) is 19.9 Å². The highest BCUT2D eigenvalue weighted by Gasteiger charge is 2.30. The minimum Gasteiger partial charge on any atom is -0.469 e. The van der Waals surface area contributed by atoms with Gasteiger partial charge in [0.25, 0.3) is 0 Å². The van der Waals surface area contributed by atoms with E-state index in [1.165, 1.54) is 12.1 Å². The Morgan fingerprint density at radius 2 is 2.08 bits per heavy atom. The van der Waals surface area contributed by atoms with Crippen LogP contribution in [0.1, 0.15) is 50.4 Å². The fourth-order valence-electron chi connectivity index (χ4n) is 3.39. The topological polar surface area (TPSA) is 51.5 Å². The molecule has 2 heterocycles. The standard InChI is InChI=1S/C20H24FNO3/c1-20(2)13-16(9-11-25-20)22-19(23)12-17(18-4-3-10-24-18)14-5-7-15(21)8-6-14/h3-8,10,16-17H,9,11-13H2,1-2H3,(H,22,23). The van der Waals surface area contributed by atoms with Crippen LogP contribution >= 0.6 is 0 Å². The van der Waals surface area contributed by atoms with Crippen molar-refractivity contribution in [2.45, 2.75) is 50.7 Å². The van der Waals surface area contributed by atoms with Crippen LogP contribution in [-0.4, -0.2) is 24.2 Å². The summed E-state index contributed by atoms with van der Waals surface area (Å²) >= 11 is 0. The summed E-state index contributed by atoms with van der Waals surface area (Å²) in [4.78, 5) is 12.6. The Bertz CT molecular complexity index is 694. The maximum absolute atomic E-state index is 13.2. The zero-order valence-electron chi connectivity index (χ0n) is 14.6. The first-order valence-electron chi connectivity index (χ1n) is 8.65. The number of hydrogen-bond acceptors (Lipinski definition) is 3. The number of amides is 1. The summed E-state index contributed by atoms with van der Waals surface area (Å²) in [5, 5.41) is 3.11. The van der Waals surface area contributed by atoms with E-state index in [0.717, 1.165) is 18.4 Å². The predicted octanol–water partition coefficient (Wildman–Crippen LogP) is 4.01. The molecule has 2 aromatic rings. The van der Waals surface area contributed by atoms with Crippen molar-refractivity contribution < 1.29 is 18.3 Å². The fraction of sp³-hybridized carbons (Fsp3) is 0.450. The molecule has 1 N–H and O–H groups in total. The van der Waals surface area contributed by atoms with Crippen molar-refractivity contribution >= 4 is 5.91 Å². The van der Waals surface area contributed by atoms with Crippen LogP contribution < -0.4 is 5.32 Å².